The second-order valence-electron chi connectivity index (χ2n) is 4.35. The SMILES string of the molecule is CC(CC(=O)NCC(F)(F)CN)c1ccccc1.Cl. The smallest absolute Gasteiger partial charge is 0.277 e. The Hall–Kier alpha value is -1.20. The minimum Gasteiger partial charge on any atom is -0.350 e. The van der Waals surface area contributed by atoms with Gasteiger partial charge in [0, 0.05) is 6.42 Å². The molecule has 19 heavy (non-hydrogen) atoms. The van der Waals surface area contributed by atoms with Crippen LogP contribution in [0.3, 0.4) is 0 Å². The molecular formula is C13H19ClF2N2O. The molecule has 0 aliphatic carbocycles. The summed E-state index contributed by atoms with van der Waals surface area (Å²) in [7, 11) is 0. The number of nitrogens with two attached hydrogens (primary N) is 1. The van der Waals surface area contributed by atoms with Crippen LogP contribution in [0.15, 0.2) is 30.3 Å². The van der Waals surface area contributed by atoms with Crippen molar-refractivity contribution in [1.82, 2.24) is 5.32 Å². The second-order valence-corrected chi connectivity index (χ2v) is 4.35. The van der Waals surface area contributed by atoms with E-state index in [1.54, 1.807) is 0 Å². The number of rotatable bonds is 6. The van der Waals surface area contributed by atoms with Crippen molar-refractivity contribution < 1.29 is 13.6 Å². The average molecular weight is 293 g/mol. The van der Waals surface area contributed by atoms with Gasteiger partial charge in [-0.05, 0) is 11.5 Å². The Morgan fingerprint density at radius 3 is 2.47 bits per heavy atom. The molecule has 0 fully saturated rings. The Morgan fingerprint density at radius 2 is 1.95 bits per heavy atom. The number of carbonyl (C=O) groups excluding carboxylic acids is 1. The predicted octanol–water partition coefficient (Wildman–Crippen LogP) is 2.31. The normalized spacial score (nSPS) is 12.4. The van der Waals surface area contributed by atoms with E-state index in [-0.39, 0.29) is 30.7 Å². The van der Waals surface area contributed by atoms with Crippen molar-refractivity contribution in [2.24, 2.45) is 5.73 Å². The third-order valence-electron chi connectivity index (χ3n) is 2.70. The van der Waals surface area contributed by atoms with E-state index in [9.17, 15) is 13.6 Å². The molecular weight excluding hydrogens is 274 g/mol. The maximum atomic E-state index is 12.8. The summed E-state index contributed by atoms with van der Waals surface area (Å²) in [5.74, 6) is -3.43. The van der Waals surface area contributed by atoms with Gasteiger partial charge in [0.2, 0.25) is 5.91 Å². The van der Waals surface area contributed by atoms with E-state index in [1.807, 2.05) is 37.3 Å². The quantitative estimate of drug-likeness (QED) is 0.845. The monoisotopic (exact) mass is 292 g/mol. The minimum atomic E-state index is -3.04. The standard InChI is InChI=1S/C13H18F2N2O.ClH/c1-10(11-5-3-2-4-6-11)7-12(18)17-9-13(14,15)8-16;/h2-6,10H,7-9,16H2,1H3,(H,17,18);1H. The summed E-state index contributed by atoms with van der Waals surface area (Å²) in [4.78, 5) is 11.5. The molecule has 0 aromatic heterocycles. The van der Waals surface area contributed by atoms with Gasteiger partial charge in [0.1, 0.15) is 0 Å². The Kier molecular flexibility index (Phi) is 7.56. The van der Waals surface area contributed by atoms with Gasteiger partial charge in [-0.1, -0.05) is 37.3 Å². The van der Waals surface area contributed by atoms with Gasteiger partial charge in [-0.3, -0.25) is 4.79 Å². The van der Waals surface area contributed by atoms with Gasteiger partial charge in [-0.2, -0.15) is 0 Å². The number of carbonyl (C=O) groups is 1. The first-order valence-electron chi connectivity index (χ1n) is 5.84. The Balaban J connectivity index is 0.00000324. The maximum absolute atomic E-state index is 12.8. The lowest BCUT2D eigenvalue weighted by atomic mass is 9.97. The average Bonchev–Trinajstić information content (AvgIpc) is 2.37. The molecule has 3 nitrogen and oxygen atoms in total. The van der Waals surface area contributed by atoms with E-state index in [4.69, 9.17) is 5.73 Å². The molecule has 1 atom stereocenters. The van der Waals surface area contributed by atoms with E-state index < -0.39 is 19.0 Å². The van der Waals surface area contributed by atoms with Gasteiger partial charge >= 0.3 is 0 Å². The summed E-state index contributed by atoms with van der Waals surface area (Å²) in [6, 6.07) is 9.47. The number of amides is 1. The highest BCUT2D eigenvalue weighted by molar-refractivity contribution is 5.85. The number of hydrogen-bond acceptors (Lipinski definition) is 2. The molecule has 0 heterocycles. The molecule has 6 heteroatoms. The molecule has 1 aromatic rings. The first kappa shape index (κ1) is 17.8. The number of hydrogen-bond donors (Lipinski definition) is 2. The van der Waals surface area contributed by atoms with E-state index in [0.29, 0.717) is 0 Å². The molecule has 0 aliphatic heterocycles. The van der Waals surface area contributed by atoms with Gasteiger partial charge < -0.3 is 11.1 Å². The first-order valence-corrected chi connectivity index (χ1v) is 5.84. The molecule has 0 aliphatic rings. The summed E-state index contributed by atoms with van der Waals surface area (Å²) in [6.07, 6.45) is 0.185. The predicted molar refractivity (Wildman–Crippen MR) is 73.7 cm³/mol. The number of benzene rings is 1. The van der Waals surface area contributed by atoms with Gasteiger partial charge in [0.25, 0.3) is 5.92 Å². The van der Waals surface area contributed by atoms with Crippen LogP contribution in [0.1, 0.15) is 24.8 Å². The lowest BCUT2D eigenvalue weighted by Gasteiger charge is -2.16. The molecule has 1 amide bonds. The minimum absolute atomic E-state index is 0. The van der Waals surface area contributed by atoms with E-state index >= 15 is 0 Å². The zero-order valence-corrected chi connectivity index (χ0v) is 11.6. The Morgan fingerprint density at radius 1 is 1.37 bits per heavy atom. The van der Waals surface area contributed by atoms with Crippen molar-refractivity contribution in [3.63, 3.8) is 0 Å². The van der Waals surface area contributed by atoms with Gasteiger partial charge in [0.05, 0.1) is 13.1 Å². The van der Waals surface area contributed by atoms with Crippen LogP contribution in [0.25, 0.3) is 0 Å². The van der Waals surface area contributed by atoms with E-state index in [1.165, 1.54) is 0 Å². The topological polar surface area (TPSA) is 55.1 Å². The van der Waals surface area contributed by atoms with Crippen LogP contribution < -0.4 is 11.1 Å². The molecule has 1 rings (SSSR count). The highest BCUT2D eigenvalue weighted by atomic mass is 35.5. The zero-order chi connectivity index (χ0) is 13.6. The van der Waals surface area contributed by atoms with Crippen LogP contribution in [0.5, 0.6) is 0 Å². The highest BCUT2D eigenvalue weighted by Gasteiger charge is 2.27. The highest BCUT2D eigenvalue weighted by Crippen LogP contribution is 2.18. The first-order chi connectivity index (χ1) is 8.44. The van der Waals surface area contributed by atoms with Crippen molar-refractivity contribution >= 4 is 18.3 Å². The number of halogens is 3. The molecule has 0 saturated heterocycles. The van der Waals surface area contributed by atoms with Crippen molar-refractivity contribution in [1.29, 1.82) is 0 Å². The van der Waals surface area contributed by atoms with Crippen LogP contribution >= 0.6 is 12.4 Å². The summed E-state index contributed by atoms with van der Waals surface area (Å²) in [5, 5.41) is 2.21. The van der Waals surface area contributed by atoms with Crippen molar-refractivity contribution in [3.05, 3.63) is 35.9 Å². The van der Waals surface area contributed by atoms with E-state index in [0.717, 1.165) is 5.56 Å². The Bertz CT molecular complexity index is 387. The lowest BCUT2D eigenvalue weighted by Crippen LogP contribution is -2.41. The van der Waals surface area contributed by atoms with Crippen LogP contribution in [-0.4, -0.2) is 24.9 Å². The summed E-state index contributed by atoms with van der Waals surface area (Å²) >= 11 is 0. The third kappa shape index (κ3) is 6.50. The molecule has 108 valence electrons. The molecule has 0 spiro atoms. The number of alkyl halides is 2. The number of nitrogens with one attached hydrogen (secondary N) is 1. The van der Waals surface area contributed by atoms with Crippen LogP contribution in [0.4, 0.5) is 8.78 Å². The van der Waals surface area contributed by atoms with Crippen molar-refractivity contribution in [3.8, 4) is 0 Å². The summed E-state index contributed by atoms with van der Waals surface area (Å²) in [6.45, 7) is 0.418. The molecule has 1 aromatic carbocycles. The maximum Gasteiger partial charge on any atom is 0.277 e. The molecule has 0 radical (unpaired) electrons. The Labute approximate surface area is 118 Å². The summed E-state index contributed by atoms with van der Waals surface area (Å²) < 4.78 is 25.7. The molecule has 0 saturated carbocycles. The zero-order valence-electron chi connectivity index (χ0n) is 10.7. The van der Waals surface area contributed by atoms with Crippen LogP contribution in [0, 0.1) is 0 Å². The third-order valence-corrected chi connectivity index (χ3v) is 2.70. The molecule has 3 N–H and O–H groups in total. The second kappa shape index (κ2) is 8.07. The van der Waals surface area contributed by atoms with Crippen molar-refractivity contribution in [2.75, 3.05) is 13.1 Å². The van der Waals surface area contributed by atoms with Crippen LogP contribution in [0.2, 0.25) is 0 Å². The fourth-order valence-corrected chi connectivity index (χ4v) is 1.55. The largest absolute Gasteiger partial charge is 0.350 e. The van der Waals surface area contributed by atoms with Gasteiger partial charge in [-0.15, -0.1) is 12.4 Å². The molecule has 0 bridgehead atoms. The fourth-order valence-electron chi connectivity index (χ4n) is 1.55. The lowest BCUT2D eigenvalue weighted by molar-refractivity contribution is -0.123. The fraction of sp³-hybridized carbons (Fsp3) is 0.462. The van der Waals surface area contributed by atoms with Gasteiger partial charge in [-0.25, -0.2) is 8.78 Å². The molecule has 1 unspecified atom stereocenters. The van der Waals surface area contributed by atoms with Gasteiger partial charge in [0.15, 0.2) is 0 Å². The summed E-state index contributed by atoms with van der Waals surface area (Å²) in [5.41, 5.74) is 5.90. The van der Waals surface area contributed by atoms with Crippen molar-refractivity contribution in [2.45, 2.75) is 25.2 Å². The van der Waals surface area contributed by atoms with Crippen LogP contribution in [-0.2, 0) is 4.79 Å². The van der Waals surface area contributed by atoms with E-state index in [2.05, 4.69) is 5.32 Å².